The molecule has 0 spiro atoms. The fraction of sp³-hybridized carbons (Fsp3) is 0.333. The van der Waals surface area contributed by atoms with Gasteiger partial charge in [-0.15, -0.1) is 0 Å². The van der Waals surface area contributed by atoms with Gasteiger partial charge in [-0.1, -0.05) is 0 Å². The van der Waals surface area contributed by atoms with Crippen molar-refractivity contribution in [1.29, 1.82) is 0 Å². The fourth-order valence-corrected chi connectivity index (χ4v) is 1.71. The second-order valence-corrected chi connectivity index (χ2v) is 4.09. The summed E-state index contributed by atoms with van der Waals surface area (Å²) in [6.45, 7) is 2.19. The van der Waals surface area contributed by atoms with Crippen molar-refractivity contribution in [2.24, 2.45) is 0 Å². The van der Waals surface area contributed by atoms with E-state index in [4.69, 9.17) is 0 Å². The van der Waals surface area contributed by atoms with Crippen molar-refractivity contribution in [2.45, 2.75) is 0 Å². The predicted molar refractivity (Wildman–Crippen MR) is 58.0 cm³/mol. The van der Waals surface area contributed by atoms with Crippen molar-refractivity contribution in [3.05, 3.63) is 47.9 Å². The van der Waals surface area contributed by atoms with Crippen LogP contribution in [0.1, 0.15) is 0 Å². The normalized spacial score (nSPS) is 31.3. The van der Waals surface area contributed by atoms with Gasteiger partial charge in [0.15, 0.2) is 0 Å². The number of likely N-dealkylation sites (N-methyl/N-ethyl adjacent to an activating group) is 2. The van der Waals surface area contributed by atoms with Gasteiger partial charge in [0, 0.05) is 0 Å². The highest BCUT2D eigenvalue weighted by atomic mass is 15.1. The lowest BCUT2D eigenvalue weighted by Gasteiger charge is -2.16. The van der Waals surface area contributed by atoms with Crippen LogP contribution in [-0.4, -0.2) is 27.2 Å². The maximum Gasteiger partial charge on any atom is 0.101 e. The first-order valence-corrected chi connectivity index (χ1v) is 5.17. The van der Waals surface area contributed by atoms with E-state index in [2.05, 4.69) is 50.8 Å². The molecule has 2 aliphatic heterocycles. The standard InChI is InChI=1S/C12H16N2/c1-13-7-3-11(4-8-13)12-5-9-14(2)10-6-12/h3-7,9H,8,10H2,1-2H3/p+2. The first kappa shape index (κ1) is 9.44. The molecule has 0 saturated carbocycles. The van der Waals surface area contributed by atoms with E-state index >= 15 is 0 Å². The first-order valence-electron chi connectivity index (χ1n) is 5.17. The number of hydrogen-bond donors (Lipinski definition) is 2. The molecule has 2 unspecified atom stereocenters. The first-order chi connectivity index (χ1) is 6.75. The predicted octanol–water partition coefficient (Wildman–Crippen LogP) is -1.08. The molecule has 2 heteroatoms. The summed E-state index contributed by atoms with van der Waals surface area (Å²) in [5.74, 6) is 0. The van der Waals surface area contributed by atoms with Gasteiger partial charge in [0.1, 0.15) is 13.1 Å². The molecule has 0 aromatic rings. The lowest BCUT2D eigenvalue weighted by atomic mass is 10.0. The summed E-state index contributed by atoms with van der Waals surface area (Å²) in [5, 5.41) is 0. The average Bonchev–Trinajstić information content (AvgIpc) is 2.21. The minimum Gasteiger partial charge on any atom is -0.308 e. The highest BCUT2D eigenvalue weighted by Crippen LogP contribution is 2.13. The molecule has 2 N–H and O–H groups in total. The molecule has 0 saturated heterocycles. The molecule has 0 amide bonds. The van der Waals surface area contributed by atoms with Crippen molar-refractivity contribution in [1.82, 2.24) is 0 Å². The van der Waals surface area contributed by atoms with Crippen molar-refractivity contribution in [3.63, 3.8) is 0 Å². The molecule has 0 fully saturated rings. The molecule has 0 aromatic carbocycles. The third-order valence-corrected chi connectivity index (χ3v) is 2.72. The number of hydrogen-bond acceptors (Lipinski definition) is 0. The van der Waals surface area contributed by atoms with Crippen LogP contribution in [0.2, 0.25) is 0 Å². The third kappa shape index (κ3) is 2.03. The molecule has 2 nitrogen and oxygen atoms in total. The van der Waals surface area contributed by atoms with Crippen LogP contribution in [0.5, 0.6) is 0 Å². The lowest BCUT2D eigenvalue weighted by Crippen LogP contribution is -3.04. The minimum atomic E-state index is 1.10. The van der Waals surface area contributed by atoms with Gasteiger partial charge in [0.2, 0.25) is 0 Å². The van der Waals surface area contributed by atoms with E-state index in [1.165, 1.54) is 20.9 Å². The molecule has 74 valence electrons. The SMILES string of the molecule is C[NH+]1C=CC(C2=CC[NH+](C)C=C2)=CC1. The Morgan fingerprint density at radius 2 is 1.29 bits per heavy atom. The van der Waals surface area contributed by atoms with Gasteiger partial charge in [0.05, 0.1) is 26.5 Å². The highest BCUT2D eigenvalue weighted by Gasteiger charge is 2.10. The van der Waals surface area contributed by atoms with Gasteiger partial charge < -0.3 is 9.80 Å². The summed E-state index contributed by atoms with van der Waals surface area (Å²) in [7, 11) is 4.35. The number of nitrogens with one attached hydrogen (secondary N) is 2. The summed E-state index contributed by atoms with van der Waals surface area (Å²) < 4.78 is 0. The van der Waals surface area contributed by atoms with Crippen LogP contribution in [0.4, 0.5) is 0 Å². The van der Waals surface area contributed by atoms with Gasteiger partial charge in [0.25, 0.3) is 0 Å². The smallest absolute Gasteiger partial charge is 0.101 e. The summed E-state index contributed by atoms with van der Waals surface area (Å²) in [6.07, 6.45) is 13.5. The molecule has 0 aromatic heterocycles. The van der Waals surface area contributed by atoms with Crippen LogP contribution < -0.4 is 9.80 Å². The molecule has 0 bridgehead atoms. The van der Waals surface area contributed by atoms with E-state index in [0.29, 0.717) is 0 Å². The monoisotopic (exact) mass is 190 g/mol. The van der Waals surface area contributed by atoms with Crippen LogP contribution in [0.25, 0.3) is 0 Å². The molecule has 2 heterocycles. The third-order valence-electron chi connectivity index (χ3n) is 2.72. The lowest BCUT2D eigenvalue weighted by molar-refractivity contribution is -0.819. The summed E-state index contributed by atoms with van der Waals surface area (Å²) in [5.41, 5.74) is 2.75. The van der Waals surface area contributed by atoms with E-state index in [9.17, 15) is 0 Å². The molecular weight excluding hydrogens is 172 g/mol. The Hall–Kier alpha value is -1.12. The van der Waals surface area contributed by atoms with Gasteiger partial charge in [-0.2, -0.15) is 0 Å². The van der Waals surface area contributed by atoms with Crippen molar-refractivity contribution >= 4 is 0 Å². The highest BCUT2D eigenvalue weighted by molar-refractivity contribution is 5.46. The second kappa shape index (κ2) is 3.95. The quantitative estimate of drug-likeness (QED) is 0.521. The topological polar surface area (TPSA) is 8.88 Å². The maximum atomic E-state index is 2.31. The molecule has 2 aliphatic rings. The van der Waals surface area contributed by atoms with Crippen LogP contribution in [0.15, 0.2) is 47.9 Å². The molecule has 14 heavy (non-hydrogen) atoms. The van der Waals surface area contributed by atoms with Crippen molar-refractivity contribution < 1.29 is 9.80 Å². The zero-order chi connectivity index (χ0) is 9.97. The van der Waals surface area contributed by atoms with Crippen LogP contribution in [0, 0.1) is 0 Å². The number of quaternary nitrogens is 2. The van der Waals surface area contributed by atoms with Crippen molar-refractivity contribution in [3.8, 4) is 0 Å². The van der Waals surface area contributed by atoms with Gasteiger partial charge in [-0.25, -0.2) is 0 Å². The van der Waals surface area contributed by atoms with Gasteiger partial charge in [-0.05, 0) is 35.5 Å². The molecular formula is C12H18N2+2. The second-order valence-electron chi connectivity index (χ2n) is 4.09. The Morgan fingerprint density at radius 1 is 0.857 bits per heavy atom. The molecule has 2 atom stereocenters. The molecule has 0 radical (unpaired) electrons. The van der Waals surface area contributed by atoms with Crippen molar-refractivity contribution in [2.75, 3.05) is 27.2 Å². The Balaban J connectivity index is 2.11. The summed E-state index contributed by atoms with van der Waals surface area (Å²) >= 11 is 0. The Morgan fingerprint density at radius 3 is 1.57 bits per heavy atom. The maximum absolute atomic E-state index is 2.31. The zero-order valence-electron chi connectivity index (χ0n) is 8.88. The average molecular weight is 190 g/mol. The van der Waals surface area contributed by atoms with Gasteiger partial charge >= 0.3 is 0 Å². The molecule has 0 aliphatic carbocycles. The van der Waals surface area contributed by atoms with E-state index in [0.717, 1.165) is 13.1 Å². The van der Waals surface area contributed by atoms with E-state index in [1.54, 1.807) is 0 Å². The number of allylic oxidation sites excluding steroid dienone is 4. The fourth-order valence-electron chi connectivity index (χ4n) is 1.71. The van der Waals surface area contributed by atoms with Crippen LogP contribution >= 0.6 is 0 Å². The summed E-state index contributed by atoms with van der Waals surface area (Å²) in [4.78, 5) is 2.88. The largest absolute Gasteiger partial charge is 0.308 e. The van der Waals surface area contributed by atoms with Crippen LogP contribution in [0.3, 0.4) is 0 Å². The Kier molecular flexibility index (Phi) is 2.66. The number of rotatable bonds is 1. The Labute approximate surface area is 85.5 Å². The van der Waals surface area contributed by atoms with E-state index in [-0.39, 0.29) is 0 Å². The Bertz CT molecular complexity index is 300. The van der Waals surface area contributed by atoms with E-state index in [1.807, 2.05) is 0 Å². The van der Waals surface area contributed by atoms with Crippen LogP contribution in [-0.2, 0) is 0 Å². The van der Waals surface area contributed by atoms with Gasteiger partial charge in [-0.3, -0.25) is 0 Å². The summed E-state index contributed by atoms with van der Waals surface area (Å²) in [6, 6.07) is 0. The minimum absolute atomic E-state index is 1.10. The zero-order valence-corrected chi connectivity index (χ0v) is 8.88. The van der Waals surface area contributed by atoms with E-state index < -0.39 is 0 Å². The molecule has 2 rings (SSSR count).